The smallest absolute Gasteiger partial charge is 0.233 e. The van der Waals surface area contributed by atoms with Crippen LogP contribution in [0.15, 0.2) is 12.1 Å². The summed E-state index contributed by atoms with van der Waals surface area (Å²) in [6, 6.07) is 3.59. The van der Waals surface area contributed by atoms with Crippen LogP contribution in [-0.4, -0.2) is 62.0 Å². The number of nitrogens with zero attached hydrogens (tertiary/aromatic N) is 4. The standard InChI is InChI=1S/C14H24N4O3S/c1-4-5-10-22(19,20)18-9-8-12(11-18)21-14-7-6-13(15-16-14)17(2)3/h6-7,12H,4-5,8-11H2,1-3H3/t12-/m1/s1. The number of hydrogen-bond acceptors (Lipinski definition) is 6. The molecular weight excluding hydrogens is 304 g/mol. The molecule has 7 nitrogen and oxygen atoms in total. The number of anilines is 1. The van der Waals surface area contributed by atoms with Crippen LogP contribution in [0.3, 0.4) is 0 Å². The zero-order chi connectivity index (χ0) is 16.2. The predicted molar refractivity (Wildman–Crippen MR) is 85.7 cm³/mol. The lowest BCUT2D eigenvalue weighted by molar-refractivity contribution is 0.204. The van der Waals surface area contributed by atoms with Crippen LogP contribution in [0.1, 0.15) is 26.2 Å². The van der Waals surface area contributed by atoms with Gasteiger partial charge < -0.3 is 9.64 Å². The van der Waals surface area contributed by atoms with Gasteiger partial charge in [-0.1, -0.05) is 13.3 Å². The maximum atomic E-state index is 12.1. The van der Waals surface area contributed by atoms with Crippen LogP contribution < -0.4 is 9.64 Å². The average molecular weight is 328 g/mol. The monoisotopic (exact) mass is 328 g/mol. The number of rotatable bonds is 7. The Morgan fingerprint density at radius 2 is 2.14 bits per heavy atom. The quantitative estimate of drug-likeness (QED) is 0.747. The van der Waals surface area contributed by atoms with E-state index in [1.165, 1.54) is 4.31 Å². The second kappa shape index (κ2) is 7.23. The number of unbranched alkanes of at least 4 members (excludes halogenated alkanes) is 1. The van der Waals surface area contributed by atoms with E-state index in [2.05, 4.69) is 10.2 Å². The van der Waals surface area contributed by atoms with Gasteiger partial charge in [0.05, 0.1) is 12.3 Å². The van der Waals surface area contributed by atoms with Crippen molar-refractivity contribution in [2.45, 2.75) is 32.3 Å². The molecule has 2 rings (SSSR count). The lowest BCUT2D eigenvalue weighted by Gasteiger charge is -2.17. The van der Waals surface area contributed by atoms with Gasteiger partial charge in [-0.2, -0.15) is 4.31 Å². The molecule has 0 spiro atoms. The van der Waals surface area contributed by atoms with Gasteiger partial charge in [-0.25, -0.2) is 8.42 Å². The zero-order valence-corrected chi connectivity index (χ0v) is 14.2. The molecule has 2 heterocycles. The minimum absolute atomic E-state index is 0.157. The number of aromatic nitrogens is 2. The molecule has 1 atom stereocenters. The number of ether oxygens (including phenoxy) is 1. The molecule has 0 unspecified atom stereocenters. The van der Waals surface area contributed by atoms with Crippen molar-refractivity contribution in [2.75, 3.05) is 37.8 Å². The topological polar surface area (TPSA) is 75.6 Å². The first kappa shape index (κ1) is 17.0. The van der Waals surface area contributed by atoms with Crippen molar-refractivity contribution in [1.82, 2.24) is 14.5 Å². The summed E-state index contributed by atoms with van der Waals surface area (Å²) >= 11 is 0. The van der Waals surface area contributed by atoms with Gasteiger partial charge in [0.1, 0.15) is 6.10 Å². The molecule has 1 aliphatic rings. The molecule has 8 heteroatoms. The van der Waals surface area contributed by atoms with Crippen molar-refractivity contribution in [3.63, 3.8) is 0 Å². The summed E-state index contributed by atoms with van der Waals surface area (Å²) in [5.41, 5.74) is 0. The zero-order valence-electron chi connectivity index (χ0n) is 13.4. The molecule has 0 aromatic carbocycles. The molecular formula is C14H24N4O3S. The Kier molecular flexibility index (Phi) is 5.57. The minimum atomic E-state index is -3.15. The Labute approximate surface area is 132 Å². The summed E-state index contributed by atoms with van der Waals surface area (Å²) in [5.74, 6) is 1.40. The number of sulfonamides is 1. The highest BCUT2D eigenvalue weighted by atomic mass is 32.2. The molecule has 1 aliphatic heterocycles. The van der Waals surface area contributed by atoms with Gasteiger partial charge in [-0.05, 0) is 18.9 Å². The first-order valence-corrected chi connectivity index (χ1v) is 9.19. The van der Waals surface area contributed by atoms with E-state index in [-0.39, 0.29) is 11.9 Å². The van der Waals surface area contributed by atoms with Crippen molar-refractivity contribution in [3.05, 3.63) is 12.1 Å². The second-order valence-electron chi connectivity index (χ2n) is 5.68. The molecule has 1 aromatic rings. The molecule has 0 N–H and O–H groups in total. The summed E-state index contributed by atoms with van der Waals surface area (Å²) in [4.78, 5) is 1.86. The van der Waals surface area contributed by atoms with Gasteiger partial charge in [-0.15, -0.1) is 10.2 Å². The first-order valence-electron chi connectivity index (χ1n) is 7.58. The van der Waals surface area contributed by atoms with Crippen LogP contribution in [0.4, 0.5) is 5.82 Å². The fraction of sp³-hybridized carbons (Fsp3) is 0.714. The van der Waals surface area contributed by atoms with Crippen molar-refractivity contribution in [2.24, 2.45) is 0 Å². The van der Waals surface area contributed by atoms with Crippen molar-refractivity contribution >= 4 is 15.8 Å². The molecule has 0 radical (unpaired) electrons. The Bertz CT molecular complexity index is 574. The Hall–Kier alpha value is -1.41. The van der Waals surface area contributed by atoms with E-state index in [0.717, 1.165) is 12.2 Å². The molecule has 0 aliphatic carbocycles. The molecule has 124 valence electrons. The molecule has 0 amide bonds. The van der Waals surface area contributed by atoms with E-state index in [1.807, 2.05) is 32.0 Å². The molecule has 1 aromatic heterocycles. The van der Waals surface area contributed by atoms with E-state index < -0.39 is 10.0 Å². The van der Waals surface area contributed by atoms with Crippen LogP contribution in [0.25, 0.3) is 0 Å². The molecule has 0 saturated carbocycles. The SMILES string of the molecule is CCCCS(=O)(=O)N1CC[C@@H](Oc2ccc(N(C)C)nn2)C1. The average Bonchev–Trinajstić information content (AvgIpc) is 2.95. The second-order valence-corrected chi connectivity index (χ2v) is 7.77. The highest BCUT2D eigenvalue weighted by Crippen LogP contribution is 2.20. The van der Waals surface area contributed by atoms with Gasteiger partial charge >= 0.3 is 0 Å². The molecule has 22 heavy (non-hydrogen) atoms. The van der Waals surface area contributed by atoms with Crippen LogP contribution in [0.2, 0.25) is 0 Å². The highest BCUT2D eigenvalue weighted by Gasteiger charge is 2.32. The summed E-state index contributed by atoms with van der Waals surface area (Å²) in [6.45, 7) is 2.89. The fourth-order valence-corrected chi connectivity index (χ4v) is 3.98. The summed E-state index contributed by atoms with van der Waals surface area (Å²) < 4.78 is 31.6. The van der Waals surface area contributed by atoms with E-state index >= 15 is 0 Å². The maximum Gasteiger partial charge on any atom is 0.233 e. The molecule has 0 bridgehead atoms. The normalized spacial score (nSPS) is 19.3. The maximum absolute atomic E-state index is 12.1. The van der Waals surface area contributed by atoms with Gasteiger partial charge in [0.2, 0.25) is 15.9 Å². The molecule has 1 fully saturated rings. The lowest BCUT2D eigenvalue weighted by Crippen LogP contribution is -2.32. The van der Waals surface area contributed by atoms with Gasteiger partial charge in [0, 0.05) is 26.7 Å². The largest absolute Gasteiger partial charge is 0.472 e. The predicted octanol–water partition coefficient (Wildman–Crippen LogP) is 1.13. The van der Waals surface area contributed by atoms with E-state index in [0.29, 0.717) is 31.8 Å². The van der Waals surface area contributed by atoms with Gasteiger partial charge in [-0.3, -0.25) is 0 Å². The van der Waals surface area contributed by atoms with E-state index in [4.69, 9.17) is 4.74 Å². The summed E-state index contributed by atoms with van der Waals surface area (Å²) in [6.07, 6.45) is 2.10. The molecule has 1 saturated heterocycles. The van der Waals surface area contributed by atoms with Crippen LogP contribution in [0, 0.1) is 0 Å². The van der Waals surface area contributed by atoms with Crippen LogP contribution in [-0.2, 0) is 10.0 Å². The van der Waals surface area contributed by atoms with Crippen molar-refractivity contribution in [1.29, 1.82) is 0 Å². The Balaban J connectivity index is 1.91. The van der Waals surface area contributed by atoms with Crippen molar-refractivity contribution < 1.29 is 13.2 Å². The summed E-state index contributed by atoms with van der Waals surface area (Å²) in [5, 5.41) is 8.07. The summed E-state index contributed by atoms with van der Waals surface area (Å²) in [7, 11) is 0.624. The highest BCUT2D eigenvalue weighted by molar-refractivity contribution is 7.89. The van der Waals surface area contributed by atoms with Crippen molar-refractivity contribution in [3.8, 4) is 5.88 Å². The van der Waals surface area contributed by atoms with Gasteiger partial charge in [0.15, 0.2) is 5.82 Å². The van der Waals surface area contributed by atoms with E-state index in [9.17, 15) is 8.42 Å². The Morgan fingerprint density at radius 3 is 2.73 bits per heavy atom. The Morgan fingerprint density at radius 1 is 1.36 bits per heavy atom. The lowest BCUT2D eigenvalue weighted by atomic mass is 10.3. The third-order valence-corrected chi connectivity index (χ3v) is 5.55. The number of hydrogen-bond donors (Lipinski definition) is 0. The fourth-order valence-electron chi connectivity index (χ4n) is 2.29. The first-order chi connectivity index (χ1) is 10.4. The van der Waals surface area contributed by atoms with Gasteiger partial charge in [0.25, 0.3) is 0 Å². The van der Waals surface area contributed by atoms with Crippen LogP contribution in [0.5, 0.6) is 5.88 Å². The third-order valence-electron chi connectivity index (χ3n) is 3.63. The third kappa shape index (κ3) is 4.30. The van der Waals surface area contributed by atoms with Crippen LogP contribution >= 0.6 is 0 Å². The van der Waals surface area contributed by atoms with E-state index in [1.54, 1.807) is 6.07 Å². The minimum Gasteiger partial charge on any atom is -0.472 e.